The molecule has 0 bridgehead atoms. The molecule has 0 aliphatic carbocycles. The van der Waals surface area contributed by atoms with Crippen molar-refractivity contribution in [2.75, 3.05) is 23.7 Å². The number of benzene rings is 1. The number of fused-ring (bicyclic) bond motifs is 1. The molecule has 0 amide bonds. The van der Waals surface area contributed by atoms with E-state index >= 15 is 0 Å². The molecule has 1 heterocycles. The third-order valence-corrected chi connectivity index (χ3v) is 4.14. The van der Waals surface area contributed by atoms with E-state index < -0.39 is 5.97 Å². The van der Waals surface area contributed by atoms with Crippen LogP contribution in [0.4, 0.5) is 5.69 Å². The van der Waals surface area contributed by atoms with E-state index in [0.29, 0.717) is 0 Å². The molecule has 0 saturated carbocycles. The van der Waals surface area contributed by atoms with Crippen LogP contribution in [0.1, 0.15) is 26.3 Å². The average Bonchev–Trinajstić information content (AvgIpc) is 2.27. The fourth-order valence-electron chi connectivity index (χ4n) is 2.07. The highest BCUT2D eigenvalue weighted by Gasteiger charge is 2.22. The van der Waals surface area contributed by atoms with Gasteiger partial charge in [0.15, 0.2) is 0 Å². The molecular weight excluding hydrogens is 246 g/mol. The van der Waals surface area contributed by atoms with Gasteiger partial charge in [-0.1, -0.05) is 26.8 Å². The van der Waals surface area contributed by atoms with E-state index in [1.165, 1.54) is 10.5 Å². The summed E-state index contributed by atoms with van der Waals surface area (Å²) in [4.78, 5) is 14.0. The number of carbonyl (C=O) groups is 1. The Morgan fingerprint density at radius 2 is 2.17 bits per heavy atom. The summed E-state index contributed by atoms with van der Waals surface area (Å²) in [5.74, 6) is 0.182. The third-order valence-electron chi connectivity index (χ3n) is 3.11. The number of thioether (sulfide) groups is 1. The topological polar surface area (TPSA) is 40.5 Å². The Kier molecular flexibility index (Phi) is 3.57. The molecule has 98 valence electrons. The quantitative estimate of drug-likeness (QED) is 0.892. The van der Waals surface area contributed by atoms with Gasteiger partial charge in [-0.3, -0.25) is 4.79 Å². The van der Waals surface area contributed by atoms with Crippen LogP contribution in [-0.2, 0) is 10.2 Å². The third kappa shape index (κ3) is 2.80. The Morgan fingerprint density at radius 1 is 1.44 bits per heavy atom. The number of hydrogen-bond donors (Lipinski definition) is 1. The van der Waals surface area contributed by atoms with Crippen molar-refractivity contribution in [1.82, 2.24) is 0 Å². The molecule has 0 saturated heterocycles. The van der Waals surface area contributed by atoms with E-state index in [9.17, 15) is 4.79 Å². The minimum Gasteiger partial charge on any atom is -0.480 e. The van der Waals surface area contributed by atoms with E-state index in [1.807, 2.05) is 16.7 Å². The fraction of sp³-hybridized carbons (Fsp3) is 0.500. The van der Waals surface area contributed by atoms with Gasteiger partial charge in [-0.05, 0) is 23.1 Å². The van der Waals surface area contributed by atoms with Gasteiger partial charge < -0.3 is 10.0 Å². The molecule has 3 nitrogen and oxygen atoms in total. The Morgan fingerprint density at radius 3 is 2.78 bits per heavy atom. The van der Waals surface area contributed by atoms with Gasteiger partial charge in [-0.25, -0.2) is 0 Å². The number of carboxylic acid groups (broad SMARTS) is 1. The molecule has 18 heavy (non-hydrogen) atoms. The largest absolute Gasteiger partial charge is 0.480 e. The molecule has 0 spiro atoms. The Hall–Kier alpha value is -1.16. The first-order chi connectivity index (χ1) is 8.38. The standard InChI is InChI=1S/C14H19NO2S/c1-14(2,3)10-4-5-11-12(8-10)18-7-6-15(11)9-13(16)17/h4-5,8H,6-7,9H2,1-3H3,(H,16,17). The van der Waals surface area contributed by atoms with Crippen LogP contribution in [0.25, 0.3) is 0 Å². The monoisotopic (exact) mass is 265 g/mol. The van der Waals surface area contributed by atoms with Crippen molar-refractivity contribution in [3.05, 3.63) is 23.8 Å². The van der Waals surface area contributed by atoms with Crippen molar-refractivity contribution in [1.29, 1.82) is 0 Å². The maximum Gasteiger partial charge on any atom is 0.323 e. The number of anilines is 1. The highest BCUT2D eigenvalue weighted by molar-refractivity contribution is 7.99. The summed E-state index contributed by atoms with van der Waals surface area (Å²) in [5.41, 5.74) is 2.48. The molecule has 0 fully saturated rings. The van der Waals surface area contributed by atoms with Gasteiger partial charge in [-0.15, -0.1) is 11.8 Å². The van der Waals surface area contributed by atoms with Gasteiger partial charge in [0.25, 0.3) is 0 Å². The first-order valence-electron chi connectivity index (χ1n) is 6.12. The zero-order valence-corrected chi connectivity index (χ0v) is 11.9. The van der Waals surface area contributed by atoms with Crippen molar-refractivity contribution in [3.63, 3.8) is 0 Å². The molecule has 2 rings (SSSR count). The van der Waals surface area contributed by atoms with Crippen LogP contribution < -0.4 is 4.90 Å². The fourth-order valence-corrected chi connectivity index (χ4v) is 3.16. The smallest absolute Gasteiger partial charge is 0.323 e. The maximum absolute atomic E-state index is 10.9. The molecule has 1 N–H and O–H groups in total. The van der Waals surface area contributed by atoms with Gasteiger partial charge in [-0.2, -0.15) is 0 Å². The summed E-state index contributed by atoms with van der Waals surface area (Å²) in [6.45, 7) is 7.47. The molecular formula is C14H19NO2S. The normalized spacial score (nSPS) is 15.4. The van der Waals surface area contributed by atoms with E-state index in [0.717, 1.165) is 18.0 Å². The van der Waals surface area contributed by atoms with Crippen molar-refractivity contribution in [2.45, 2.75) is 31.1 Å². The predicted molar refractivity (Wildman–Crippen MR) is 75.7 cm³/mol. The summed E-state index contributed by atoms with van der Waals surface area (Å²) >= 11 is 1.82. The van der Waals surface area contributed by atoms with Crippen LogP contribution in [0.2, 0.25) is 0 Å². The van der Waals surface area contributed by atoms with Crippen LogP contribution in [0, 0.1) is 0 Å². The van der Waals surface area contributed by atoms with Crippen molar-refractivity contribution in [2.24, 2.45) is 0 Å². The van der Waals surface area contributed by atoms with Crippen LogP contribution in [0.5, 0.6) is 0 Å². The number of nitrogens with zero attached hydrogens (tertiary/aromatic N) is 1. The van der Waals surface area contributed by atoms with Crippen LogP contribution in [-0.4, -0.2) is 29.9 Å². The summed E-state index contributed by atoms with van der Waals surface area (Å²) < 4.78 is 0. The number of rotatable bonds is 2. The van der Waals surface area contributed by atoms with Gasteiger partial charge in [0.1, 0.15) is 6.54 Å². The average molecular weight is 265 g/mol. The number of aliphatic carboxylic acids is 1. The second-order valence-electron chi connectivity index (χ2n) is 5.60. The van der Waals surface area contributed by atoms with Crippen LogP contribution >= 0.6 is 11.8 Å². The van der Waals surface area contributed by atoms with Crippen LogP contribution in [0.3, 0.4) is 0 Å². The van der Waals surface area contributed by atoms with Crippen LogP contribution in [0.15, 0.2) is 23.1 Å². The molecule has 0 unspecified atom stereocenters. The highest BCUT2D eigenvalue weighted by atomic mass is 32.2. The second kappa shape index (κ2) is 4.84. The Bertz CT molecular complexity index is 465. The second-order valence-corrected chi connectivity index (χ2v) is 6.73. The Balaban J connectivity index is 2.33. The van der Waals surface area contributed by atoms with E-state index in [2.05, 4.69) is 39.0 Å². The summed E-state index contributed by atoms with van der Waals surface area (Å²) in [5, 5.41) is 8.93. The summed E-state index contributed by atoms with van der Waals surface area (Å²) in [6, 6.07) is 6.37. The lowest BCUT2D eigenvalue weighted by molar-refractivity contribution is -0.135. The van der Waals surface area contributed by atoms with E-state index in [4.69, 9.17) is 5.11 Å². The van der Waals surface area contributed by atoms with Crippen molar-refractivity contribution < 1.29 is 9.90 Å². The molecule has 1 aromatic rings. The lowest BCUT2D eigenvalue weighted by atomic mass is 9.87. The van der Waals surface area contributed by atoms with Gasteiger partial charge in [0.2, 0.25) is 0 Å². The van der Waals surface area contributed by atoms with Crippen molar-refractivity contribution >= 4 is 23.4 Å². The van der Waals surface area contributed by atoms with Gasteiger partial charge in [0.05, 0.1) is 5.69 Å². The number of hydrogen-bond acceptors (Lipinski definition) is 3. The van der Waals surface area contributed by atoms with E-state index in [-0.39, 0.29) is 12.0 Å². The van der Waals surface area contributed by atoms with Gasteiger partial charge >= 0.3 is 5.97 Å². The lowest BCUT2D eigenvalue weighted by Gasteiger charge is -2.31. The highest BCUT2D eigenvalue weighted by Crippen LogP contribution is 2.37. The Labute approximate surface area is 112 Å². The lowest BCUT2D eigenvalue weighted by Crippen LogP contribution is -2.34. The van der Waals surface area contributed by atoms with Gasteiger partial charge in [0, 0.05) is 17.2 Å². The molecule has 0 atom stereocenters. The zero-order valence-electron chi connectivity index (χ0n) is 11.1. The predicted octanol–water partition coefficient (Wildman–Crippen LogP) is 2.98. The summed E-state index contributed by atoms with van der Waals surface area (Å²) in [6.07, 6.45) is 0. The molecule has 1 aliphatic heterocycles. The zero-order chi connectivity index (χ0) is 13.3. The summed E-state index contributed by atoms with van der Waals surface area (Å²) in [7, 11) is 0. The van der Waals surface area contributed by atoms with Crippen molar-refractivity contribution in [3.8, 4) is 0 Å². The SMILES string of the molecule is CC(C)(C)c1ccc2c(c1)SCCN2CC(=O)O. The number of carboxylic acids is 1. The molecule has 0 radical (unpaired) electrons. The first kappa shape index (κ1) is 13.3. The maximum atomic E-state index is 10.9. The minimum atomic E-state index is -0.771. The molecule has 4 heteroatoms. The molecule has 1 aliphatic rings. The molecule has 0 aromatic heterocycles. The minimum absolute atomic E-state index is 0.0857. The van der Waals surface area contributed by atoms with E-state index in [1.54, 1.807) is 0 Å². The molecule has 1 aromatic carbocycles. The first-order valence-corrected chi connectivity index (χ1v) is 7.10.